The van der Waals surface area contributed by atoms with Crippen molar-refractivity contribution in [3.8, 4) is 0 Å². The molecule has 0 bridgehead atoms. The predicted octanol–water partition coefficient (Wildman–Crippen LogP) is -1.93. The molecule has 0 unspecified atom stereocenters. The molecule has 1 aromatic rings. The summed E-state index contributed by atoms with van der Waals surface area (Å²) in [6.45, 7) is 0.638. The highest BCUT2D eigenvalue weighted by Gasteiger charge is 2.20. The molecule has 0 aliphatic heterocycles. The minimum Gasteiger partial charge on any atom is -0.395 e. The van der Waals surface area contributed by atoms with E-state index in [-0.39, 0.29) is 38.6 Å². The van der Waals surface area contributed by atoms with E-state index in [1.807, 2.05) is 30.3 Å². The van der Waals surface area contributed by atoms with Crippen LogP contribution in [0, 0.1) is 0 Å². The summed E-state index contributed by atoms with van der Waals surface area (Å²) in [5.41, 5.74) is 0.867. The van der Waals surface area contributed by atoms with Crippen LogP contribution in [0.4, 0.5) is 0 Å². The second kappa shape index (κ2) is 11.6. The zero-order valence-corrected chi connectivity index (χ0v) is 14.6. The lowest BCUT2D eigenvalue weighted by Gasteiger charge is -2.17. The molecular formula is C17H24N4O5. The maximum atomic E-state index is 12.3. The van der Waals surface area contributed by atoms with Gasteiger partial charge in [0, 0.05) is 19.9 Å². The summed E-state index contributed by atoms with van der Waals surface area (Å²) in [5, 5.41) is 18.3. The highest BCUT2D eigenvalue weighted by molar-refractivity contribution is 5.91. The van der Waals surface area contributed by atoms with E-state index in [0.717, 1.165) is 5.56 Å². The summed E-state index contributed by atoms with van der Waals surface area (Å²) < 4.78 is 0. The molecule has 26 heavy (non-hydrogen) atoms. The van der Waals surface area contributed by atoms with E-state index in [0.29, 0.717) is 0 Å². The number of aliphatic hydroxyl groups is 1. The quantitative estimate of drug-likeness (QED) is 0.329. The lowest BCUT2D eigenvalue weighted by molar-refractivity contribution is -0.130. The van der Waals surface area contributed by atoms with Gasteiger partial charge in [-0.25, -0.2) is 0 Å². The number of rotatable bonds is 10. The number of aliphatic hydroxyl groups excluding tert-OH is 1. The van der Waals surface area contributed by atoms with Crippen molar-refractivity contribution in [3.63, 3.8) is 0 Å². The van der Waals surface area contributed by atoms with Crippen LogP contribution in [0.5, 0.6) is 0 Å². The molecule has 0 spiro atoms. The Morgan fingerprint density at radius 2 is 1.58 bits per heavy atom. The third-order valence-corrected chi connectivity index (χ3v) is 3.28. The molecule has 9 heteroatoms. The van der Waals surface area contributed by atoms with Gasteiger partial charge in [-0.15, -0.1) is 0 Å². The van der Waals surface area contributed by atoms with Gasteiger partial charge in [0.15, 0.2) is 0 Å². The van der Waals surface area contributed by atoms with Gasteiger partial charge >= 0.3 is 0 Å². The first-order valence-electron chi connectivity index (χ1n) is 8.15. The summed E-state index contributed by atoms with van der Waals surface area (Å²) >= 11 is 0. The molecule has 1 rings (SSSR count). The van der Waals surface area contributed by atoms with Gasteiger partial charge in [0.05, 0.1) is 19.7 Å². The van der Waals surface area contributed by atoms with E-state index >= 15 is 0 Å². The van der Waals surface area contributed by atoms with Crippen LogP contribution < -0.4 is 21.3 Å². The van der Waals surface area contributed by atoms with Crippen LogP contribution in [-0.4, -0.2) is 61.0 Å². The topological polar surface area (TPSA) is 137 Å². The van der Waals surface area contributed by atoms with Crippen molar-refractivity contribution < 1.29 is 24.3 Å². The molecule has 0 aromatic heterocycles. The number of carbonyl (C=O) groups excluding carboxylic acids is 4. The van der Waals surface area contributed by atoms with Gasteiger partial charge in [-0.1, -0.05) is 30.3 Å². The Morgan fingerprint density at radius 3 is 2.19 bits per heavy atom. The van der Waals surface area contributed by atoms with E-state index in [1.54, 1.807) is 0 Å². The van der Waals surface area contributed by atoms with Gasteiger partial charge in [-0.05, 0) is 5.56 Å². The molecule has 1 aromatic carbocycles. The second-order valence-electron chi connectivity index (χ2n) is 5.51. The van der Waals surface area contributed by atoms with Gasteiger partial charge in [0.2, 0.25) is 23.6 Å². The Bertz CT molecular complexity index is 621. The predicted molar refractivity (Wildman–Crippen MR) is 93.9 cm³/mol. The van der Waals surface area contributed by atoms with Gasteiger partial charge in [0.1, 0.15) is 6.04 Å². The molecular weight excluding hydrogens is 340 g/mol. The van der Waals surface area contributed by atoms with Crippen LogP contribution in [0.1, 0.15) is 12.5 Å². The van der Waals surface area contributed by atoms with Crippen molar-refractivity contribution in [1.29, 1.82) is 0 Å². The van der Waals surface area contributed by atoms with E-state index in [1.165, 1.54) is 6.92 Å². The zero-order valence-electron chi connectivity index (χ0n) is 14.6. The molecule has 0 saturated carbocycles. The first kappa shape index (κ1) is 21.1. The van der Waals surface area contributed by atoms with Crippen molar-refractivity contribution in [2.75, 3.05) is 26.2 Å². The van der Waals surface area contributed by atoms with Crippen molar-refractivity contribution in [1.82, 2.24) is 21.3 Å². The lowest BCUT2D eigenvalue weighted by atomic mass is 10.1. The molecule has 0 aliphatic rings. The SMILES string of the molecule is CC(=O)N[C@@H](Cc1ccccc1)C(=O)NCC(=O)NCC(=O)NCCO. The molecule has 0 aliphatic carbocycles. The summed E-state index contributed by atoms with van der Waals surface area (Å²) in [6.07, 6.45) is 0.289. The highest BCUT2D eigenvalue weighted by atomic mass is 16.3. The first-order chi connectivity index (χ1) is 12.4. The molecule has 5 N–H and O–H groups in total. The molecule has 9 nitrogen and oxygen atoms in total. The first-order valence-corrected chi connectivity index (χ1v) is 8.15. The maximum Gasteiger partial charge on any atom is 0.243 e. The van der Waals surface area contributed by atoms with Crippen LogP contribution in [0.25, 0.3) is 0 Å². The van der Waals surface area contributed by atoms with E-state index in [9.17, 15) is 19.2 Å². The monoisotopic (exact) mass is 364 g/mol. The second-order valence-corrected chi connectivity index (χ2v) is 5.51. The summed E-state index contributed by atoms with van der Waals surface area (Å²) in [7, 11) is 0. The highest BCUT2D eigenvalue weighted by Crippen LogP contribution is 2.03. The van der Waals surface area contributed by atoms with Crippen molar-refractivity contribution >= 4 is 23.6 Å². The van der Waals surface area contributed by atoms with Crippen molar-refractivity contribution in [2.45, 2.75) is 19.4 Å². The normalized spacial score (nSPS) is 11.2. The maximum absolute atomic E-state index is 12.3. The van der Waals surface area contributed by atoms with Crippen LogP contribution in [0.15, 0.2) is 30.3 Å². The number of benzene rings is 1. The number of carbonyl (C=O) groups is 4. The van der Waals surface area contributed by atoms with Gasteiger partial charge in [-0.3, -0.25) is 19.2 Å². The van der Waals surface area contributed by atoms with Crippen LogP contribution in [0.3, 0.4) is 0 Å². The Hall–Kier alpha value is -2.94. The third-order valence-electron chi connectivity index (χ3n) is 3.28. The fourth-order valence-corrected chi connectivity index (χ4v) is 2.09. The van der Waals surface area contributed by atoms with Crippen molar-refractivity contribution in [3.05, 3.63) is 35.9 Å². The van der Waals surface area contributed by atoms with Crippen LogP contribution in [-0.2, 0) is 25.6 Å². The number of amides is 4. The molecule has 0 saturated heterocycles. The Kier molecular flexibility index (Phi) is 9.40. The Labute approximate surface area is 151 Å². The molecule has 0 radical (unpaired) electrons. The average Bonchev–Trinajstić information content (AvgIpc) is 2.62. The fraction of sp³-hybridized carbons (Fsp3) is 0.412. The standard InChI is InChI=1S/C17H24N4O5/c1-12(23)21-14(9-13-5-3-2-4-6-13)17(26)20-11-16(25)19-10-15(24)18-7-8-22/h2-6,14,22H,7-11H2,1H3,(H,18,24)(H,19,25)(H,20,26)(H,21,23)/t14-/m0/s1. The van der Waals surface area contributed by atoms with E-state index < -0.39 is 23.8 Å². The van der Waals surface area contributed by atoms with E-state index in [4.69, 9.17) is 5.11 Å². The molecule has 142 valence electrons. The minimum atomic E-state index is -0.810. The largest absolute Gasteiger partial charge is 0.395 e. The average molecular weight is 364 g/mol. The molecule has 1 atom stereocenters. The van der Waals surface area contributed by atoms with Gasteiger partial charge in [0.25, 0.3) is 0 Å². The third kappa shape index (κ3) is 8.78. The van der Waals surface area contributed by atoms with Gasteiger partial charge < -0.3 is 26.4 Å². The molecule has 0 fully saturated rings. The number of nitrogens with one attached hydrogen (secondary N) is 4. The van der Waals surface area contributed by atoms with Crippen molar-refractivity contribution in [2.24, 2.45) is 0 Å². The zero-order chi connectivity index (χ0) is 19.4. The molecule has 4 amide bonds. The van der Waals surface area contributed by atoms with Crippen LogP contribution >= 0.6 is 0 Å². The van der Waals surface area contributed by atoms with E-state index in [2.05, 4.69) is 21.3 Å². The number of hydrogen-bond acceptors (Lipinski definition) is 5. The summed E-state index contributed by atoms with van der Waals surface area (Å²) in [4.78, 5) is 46.6. The smallest absolute Gasteiger partial charge is 0.243 e. The summed E-state index contributed by atoms with van der Waals surface area (Å²) in [6, 6.07) is 8.36. The minimum absolute atomic E-state index is 0.101. The Balaban J connectivity index is 2.46. The fourth-order valence-electron chi connectivity index (χ4n) is 2.09. The molecule has 0 heterocycles. The lowest BCUT2D eigenvalue weighted by Crippen LogP contribution is -2.50. The Morgan fingerprint density at radius 1 is 0.962 bits per heavy atom. The van der Waals surface area contributed by atoms with Crippen LogP contribution in [0.2, 0.25) is 0 Å². The number of hydrogen-bond donors (Lipinski definition) is 5. The van der Waals surface area contributed by atoms with Gasteiger partial charge in [-0.2, -0.15) is 0 Å². The summed E-state index contributed by atoms with van der Waals surface area (Å²) in [5.74, 6) is -1.84.